The van der Waals surface area contributed by atoms with Crippen molar-refractivity contribution >= 4 is 0 Å². The number of fused-ring (bicyclic) bond motifs is 1. The average molecular weight is 288 g/mol. The molecule has 0 amide bonds. The smallest absolute Gasteiger partial charge is 0.231 e. The third-order valence-corrected chi connectivity index (χ3v) is 3.77. The van der Waals surface area contributed by atoms with Crippen molar-refractivity contribution in [3.8, 4) is 17.2 Å². The molecule has 0 fully saturated rings. The number of benzene rings is 1. The SMILES string of the molecule is CC(=CCOc1ccc2c(c1)OCO2)CCC(C)=C(C)C. The minimum atomic E-state index is 0.293. The molecule has 0 N–H and O–H groups in total. The van der Waals surface area contributed by atoms with Crippen LogP contribution in [-0.4, -0.2) is 13.4 Å². The fraction of sp³-hybridized carbons (Fsp3) is 0.444. The molecule has 1 aromatic rings. The van der Waals surface area contributed by atoms with Gasteiger partial charge in [-0.1, -0.05) is 16.7 Å². The summed E-state index contributed by atoms with van der Waals surface area (Å²) in [6.07, 6.45) is 4.35. The van der Waals surface area contributed by atoms with E-state index in [-0.39, 0.29) is 0 Å². The zero-order valence-electron chi connectivity index (χ0n) is 13.4. The van der Waals surface area contributed by atoms with Gasteiger partial charge in [0, 0.05) is 6.07 Å². The van der Waals surface area contributed by atoms with Gasteiger partial charge in [0.1, 0.15) is 12.4 Å². The zero-order chi connectivity index (χ0) is 15.2. The van der Waals surface area contributed by atoms with Gasteiger partial charge in [-0.3, -0.25) is 0 Å². The van der Waals surface area contributed by atoms with Gasteiger partial charge in [0.05, 0.1) is 0 Å². The van der Waals surface area contributed by atoms with Crippen molar-refractivity contribution in [2.75, 3.05) is 13.4 Å². The minimum absolute atomic E-state index is 0.293. The summed E-state index contributed by atoms with van der Waals surface area (Å²) >= 11 is 0. The first-order chi connectivity index (χ1) is 10.1. The van der Waals surface area contributed by atoms with Crippen LogP contribution in [0.2, 0.25) is 0 Å². The number of hydrogen-bond donors (Lipinski definition) is 0. The summed E-state index contributed by atoms with van der Waals surface area (Å²) in [6, 6.07) is 5.66. The van der Waals surface area contributed by atoms with Crippen molar-refractivity contribution in [2.45, 2.75) is 40.5 Å². The van der Waals surface area contributed by atoms with E-state index in [1.54, 1.807) is 0 Å². The van der Waals surface area contributed by atoms with Crippen LogP contribution in [0.5, 0.6) is 17.2 Å². The summed E-state index contributed by atoms with van der Waals surface area (Å²) in [5.41, 5.74) is 4.25. The fourth-order valence-corrected chi connectivity index (χ4v) is 1.98. The van der Waals surface area contributed by atoms with E-state index in [1.807, 2.05) is 18.2 Å². The fourth-order valence-electron chi connectivity index (χ4n) is 1.98. The Morgan fingerprint density at radius 2 is 1.86 bits per heavy atom. The second-order valence-electron chi connectivity index (χ2n) is 5.66. The maximum absolute atomic E-state index is 5.73. The average Bonchev–Trinajstić information content (AvgIpc) is 2.92. The van der Waals surface area contributed by atoms with Crippen molar-refractivity contribution in [1.29, 1.82) is 0 Å². The van der Waals surface area contributed by atoms with E-state index in [4.69, 9.17) is 14.2 Å². The molecular formula is C18H24O3. The van der Waals surface area contributed by atoms with E-state index in [0.717, 1.165) is 30.1 Å². The topological polar surface area (TPSA) is 27.7 Å². The Balaban J connectivity index is 1.80. The van der Waals surface area contributed by atoms with Crippen LogP contribution in [0.25, 0.3) is 0 Å². The summed E-state index contributed by atoms with van der Waals surface area (Å²) in [7, 11) is 0. The van der Waals surface area contributed by atoms with Gasteiger partial charge < -0.3 is 14.2 Å². The Bertz CT molecular complexity index is 552. The van der Waals surface area contributed by atoms with E-state index < -0.39 is 0 Å². The first kappa shape index (κ1) is 15.5. The predicted octanol–water partition coefficient (Wildman–Crippen LogP) is 4.88. The molecule has 0 atom stereocenters. The van der Waals surface area contributed by atoms with Crippen molar-refractivity contribution < 1.29 is 14.2 Å². The molecule has 114 valence electrons. The molecule has 3 nitrogen and oxygen atoms in total. The highest BCUT2D eigenvalue weighted by atomic mass is 16.7. The van der Waals surface area contributed by atoms with E-state index in [1.165, 1.54) is 16.7 Å². The summed E-state index contributed by atoms with van der Waals surface area (Å²) in [5.74, 6) is 2.35. The summed E-state index contributed by atoms with van der Waals surface area (Å²) in [5, 5.41) is 0. The van der Waals surface area contributed by atoms with Crippen LogP contribution in [0, 0.1) is 0 Å². The van der Waals surface area contributed by atoms with Crippen LogP contribution in [-0.2, 0) is 0 Å². The molecule has 0 aliphatic carbocycles. The number of ether oxygens (including phenoxy) is 3. The van der Waals surface area contributed by atoms with Gasteiger partial charge in [0.15, 0.2) is 11.5 Å². The molecule has 1 aromatic carbocycles. The molecule has 0 saturated carbocycles. The van der Waals surface area contributed by atoms with Crippen LogP contribution in [0.1, 0.15) is 40.5 Å². The van der Waals surface area contributed by atoms with Gasteiger partial charge in [-0.2, -0.15) is 0 Å². The van der Waals surface area contributed by atoms with Crippen molar-refractivity contribution in [1.82, 2.24) is 0 Å². The maximum atomic E-state index is 5.73. The molecule has 1 heterocycles. The molecule has 2 rings (SSSR count). The summed E-state index contributed by atoms with van der Waals surface area (Å²) in [6.45, 7) is 9.56. The lowest BCUT2D eigenvalue weighted by molar-refractivity contribution is 0.174. The van der Waals surface area contributed by atoms with Gasteiger partial charge in [0.2, 0.25) is 6.79 Å². The van der Waals surface area contributed by atoms with Crippen molar-refractivity contribution in [3.05, 3.63) is 41.0 Å². The van der Waals surface area contributed by atoms with E-state index in [9.17, 15) is 0 Å². The molecule has 0 spiro atoms. The monoisotopic (exact) mass is 288 g/mol. The van der Waals surface area contributed by atoms with Crippen molar-refractivity contribution in [2.24, 2.45) is 0 Å². The quantitative estimate of drug-likeness (QED) is 0.698. The highest BCUT2D eigenvalue weighted by molar-refractivity contribution is 5.46. The Labute approximate surface area is 127 Å². The van der Waals surface area contributed by atoms with E-state index in [0.29, 0.717) is 13.4 Å². The lowest BCUT2D eigenvalue weighted by Gasteiger charge is -2.07. The largest absolute Gasteiger partial charge is 0.489 e. The molecule has 0 saturated heterocycles. The summed E-state index contributed by atoms with van der Waals surface area (Å²) < 4.78 is 16.3. The standard InChI is InChI=1S/C18H24O3/c1-13(2)15(4)6-5-14(3)9-10-19-16-7-8-17-18(11-16)21-12-20-17/h7-9,11H,5-6,10,12H2,1-4H3. The molecule has 0 bridgehead atoms. The molecule has 0 unspecified atom stereocenters. The first-order valence-corrected chi connectivity index (χ1v) is 7.37. The molecule has 1 aliphatic heterocycles. The Morgan fingerprint density at radius 1 is 1.10 bits per heavy atom. The lowest BCUT2D eigenvalue weighted by Crippen LogP contribution is -1.95. The summed E-state index contributed by atoms with van der Waals surface area (Å²) in [4.78, 5) is 0. The zero-order valence-corrected chi connectivity index (χ0v) is 13.4. The lowest BCUT2D eigenvalue weighted by atomic mass is 10.0. The van der Waals surface area contributed by atoms with Gasteiger partial charge in [0.25, 0.3) is 0 Å². The van der Waals surface area contributed by atoms with Gasteiger partial charge >= 0.3 is 0 Å². The second-order valence-corrected chi connectivity index (χ2v) is 5.66. The normalized spacial score (nSPS) is 13.2. The number of rotatable bonds is 6. The first-order valence-electron chi connectivity index (χ1n) is 7.37. The van der Waals surface area contributed by atoms with Crippen LogP contribution >= 0.6 is 0 Å². The van der Waals surface area contributed by atoms with E-state index in [2.05, 4.69) is 33.8 Å². The maximum Gasteiger partial charge on any atom is 0.231 e. The molecule has 3 heteroatoms. The predicted molar refractivity (Wildman–Crippen MR) is 85.1 cm³/mol. The number of allylic oxidation sites excluding steroid dienone is 3. The minimum Gasteiger partial charge on any atom is -0.489 e. The third kappa shape index (κ3) is 4.55. The van der Waals surface area contributed by atoms with E-state index >= 15 is 0 Å². The van der Waals surface area contributed by atoms with Gasteiger partial charge in [-0.15, -0.1) is 0 Å². The highest BCUT2D eigenvalue weighted by Gasteiger charge is 2.13. The Morgan fingerprint density at radius 3 is 2.62 bits per heavy atom. The van der Waals surface area contributed by atoms with Gasteiger partial charge in [-0.25, -0.2) is 0 Å². The second kappa shape index (κ2) is 7.21. The molecule has 21 heavy (non-hydrogen) atoms. The Hall–Kier alpha value is -1.90. The van der Waals surface area contributed by atoms with Crippen LogP contribution in [0.15, 0.2) is 41.0 Å². The molecule has 0 radical (unpaired) electrons. The van der Waals surface area contributed by atoms with Crippen molar-refractivity contribution in [3.63, 3.8) is 0 Å². The van der Waals surface area contributed by atoms with Crippen LogP contribution < -0.4 is 14.2 Å². The van der Waals surface area contributed by atoms with Gasteiger partial charge in [-0.05, 0) is 58.7 Å². The molecular weight excluding hydrogens is 264 g/mol. The van der Waals surface area contributed by atoms with Crippen LogP contribution in [0.3, 0.4) is 0 Å². The molecule has 1 aliphatic rings. The number of hydrogen-bond acceptors (Lipinski definition) is 3. The van der Waals surface area contributed by atoms with Crippen LogP contribution in [0.4, 0.5) is 0 Å². The Kier molecular flexibility index (Phi) is 5.32. The third-order valence-electron chi connectivity index (χ3n) is 3.77. The molecule has 0 aromatic heterocycles. The highest BCUT2D eigenvalue weighted by Crippen LogP contribution is 2.35.